The van der Waals surface area contributed by atoms with Crippen molar-refractivity contribution in [3.05, 3.63) is 71.8 Å². The van der Waals surface area contributed by atoms with Gasteiger partial charge in [0, 0.05) is 15.1 Å². The summed E-state index contributed by atoms with van der Waals surface area (Å²) in [5.41, 5.74) is 3.55. The molecule has 2 N–H and O–H groups in total. The van der Waals surface area contributed by atoms with Gasteiger partial charge in [-0.1, -0.05) is 24.3 Å². The van der Waals surface area contributed by atoms with Crippen molar-refractivity contribution < 1.29 is 35.4 Å². The highest BCUT2D eigenvalue weighted by molar-refractivity contribution is 7.89. The third-order valence-corrected chi connectivity index (χ3v) is 9.79. The summed E-state index contributed by atoms with van der Waals surface area (Å²) in [6.07, 6.45) is 2.31. The summed E-state index contributed by atoms with van der Waals surface area (Å²) in [7, 11) is -3.93. The molecule has 9 nitrogen and oxygen atoms in total. The van der Waals surface area contributed by atoms with E-state index in [9.17, 15) is 23.1 Å². The van der Waals surface area contributed by atoms with Crippen molar-refractivity contribution in [2.24, 2.45) is 0 Å². The number of rotatable bonds is 7. The Labute approximate surface area is 229 Å². The lowest BCUT2D eigenvalue weighted by Crippen LogP contribution is -2.40. The predicted molar refractivity (Wildman–Crippen MR) is 147 cm³/mol. The van der Waals surface area contributed by atoms with E-state index in [0.717, 1.165) is 39.4 Å². The van der Waals surface area contributed by atoms with Crippen molar-refractivity contribution in [3.63, 3.8) is 0 Å². The van der Waals surface area contributed by atoms with Crippen molar-refractivity contribution in [2.45, 2.75) is 49.0 Å². The molecular weight excluding hydrogens is 520 g/mol. The summed E-state index contributed by atoms with van der Waals surface area (Å²) in [6, 6.07) is 16.7. The number of nitrogens with one attached hydrogen (secondary N) is 1. The second-order valence-corrected chi connectivity index (χ2v) is 12.2. The Morgan fingerprint density at radius 2 is 1.77 bits per heavy atom. The number of benzene rings is 3. The van der Waals surface area contributed by atoms with Gasteiger partial charge in [0.2, 0.25) is 22.7 Å². The Morgan fingerprint density at radius 3 is 2.49 bits per heavy atom. The number of carbonyl (C=O) groups is 2. The van der Waals surface area contributed by atoms with Gasteiger partial charge in [0.05, 0.1) is 10.3 Å². The number of anilines is 1. The first-order chi connectivity index (χ1) is 18.7. The van der Waals surface area contributed by atoms with E-state index < -0.39 is 27.4 Å². The molecule has 1 saturated carbocycles. The number of nitrogens with zero attached hydrogens (tertiary/aromatic N) is 1. The fourth-order valence-electron chi connectivity index (χ4n) is 5.44. The summed E-state index contributed by atoms with van der Waals surface area (Å²) < 4.78 is 38.2. The lowest BCUT2D eigenvalue weighted by atomic mass is 9.94. The summed E-state index contributed by atoms with van der Waals surface area (Å²) in [5.74, 6) is 0.113. The highest BCUT2D eigenvalue weighted by atomic mass is 32.2. The van der Waals surface area contributed by atoms with Crippen molar-refractivity contribution in [1.82, 2.24) is 4.31 Å². The minimum atomic E-state index is -3.93. The Morgan fingerprint density at radius 1 is 1.03 bits per heavy atom. The first kappa shape index (κ1) is 25.4. The Bertz CT molecular complexity index is 1590. The number of sulfonamides is 1. The number of fused-ring (bicyclic) bond motifs is 1. The molecule has 1 atom stereocenters. The van der Waals surface area contributed by atoms with Gasteiger partial charge in [0.25, 0.3) is 0 Å². The lowest BCUT2D eigenvalue weighted by Gasteiger charge is -2.21. The van der Waals surface area contributed by atoms with Gasteiger partial charge in [-0.05, 0) is 91.3 Å². The van der Waals surface area contributed by atoms with Gasteiger partial charge in [0.1, 0.15) is 6.04 Å². The van der Waals surface area contributed by atoms with Gasteiger partial charge in [-0.3, -0.25) is 9.59 Å². The van der Waals surface area contributed by atoms with Crippen molar-refractivity contribution in [1.29, 1.82) is 0 Å². The number of hydrogen-bond donors (Lipinski definition) is 2. The molecule has 2 aliphatic heterocycles. The Kier molecular flexibility index (Phi) is 6.11. The summed E-state index contributed by atoms with van der Waals surface area (Å²) in [4.78, 5) is 25.0. The largest absolute Gasteiger partial charge is 0.480 e. The molecule has 2 fully saturated rings. The predicted octanol–water partition coefficient (Wildman–Crippen LogP) is 4.79. The minimum Gasteiger partial charge on any atom is -0.480 e. The van der Waals surface area contributed by atoms with Crippen LogP contribution in [0.1, 0.15) is 39.7 Å². The van der Waals surface area contributed by atoms with Crippen LogP contribution in [0.25, 0.3) is 11.1 Å². The Balaban J connectivity index is 0.00000194. The van der Waals surface area contributed by atoms with E-state index in [1.165, 1.54) is 12.1 Å². The quantitative estimate of drug-likeness (QED) is 0.432. The molecule has 0 aromatic heterocycles. The van der Waals surface area contributed by atoms with E-state index in [4.69, 9.17) is 9.47 Å². The molecule has 0 radical (unpaired) electrons. The van der Waals surface area contributed by atoms with Gasteiger partial charge in [-0.2, -0.15) is 4.31 Å². The van der Waals surface area contributed by atoms with Crippen LogP contribution in [0.5, 0.6) is 11.5 Å². The molecule has 206 valence electrons. The van der Waals surface area contributed by atoms with Crippen LogP contribution in [0.4, 0.5) is 5.69 Å². The average Bonchev–Trinajstić information content (AvgIpc) is 3.34. The first-order valence-electron chi connectivity index (χ1n) is 12.9. The van der Waals surface area contributed by atoms with Crippen LogP contribution in [0.2, 0.25) is 0 Å². The Hall–Kier alpha value is -3.89. The normalized spacial score (nSPS) is 19.6. The monoisotopic (exact) mass is 552 g/mol. The van der Waals surface area contributed by atoms with Crippen LogP contribution in [0.3, 0.4) is 0 Å². The second-order valence-electron chi connectivity index (χ2n) is 10.3. The van der Waals surface area contributed by atoms with Crippen molar-refractivity contribution >= 4 is 27.6 Å². The molecule has 3 aromatic rings. The maximum absolute atomic E-state index is 13.4. The average molecular weight is 553 g/mol. The van der Waals surface area contributed by atoms with Gasteiger partial charge >= 0.3 is 5.97 Å². The fourth-order valence-corrected chi connectivity index (χ4v) is 7.09. The van der Waals surface area contributed by atoms with Crippen LogP contribution < -0.4 is 14.8 Å². The van der Waals surface area contributed by atoms with E-state index >= 15 is 0 Å². The molecule has 0 unspecified atom stereocenters. The number of ether oxygens (including phenoxy) is 2. The fraction of sp³-hybridized carbons (Fsp3) is 0.310. The minimum absolute atomic E-state index is 0. The number of aliphatic carboxylic acids is 1. The SMILES string of the molecule is Cc1ccc(NC(=O)C2(c3ccc4c(c3)OCO4)CC2)cc1-c1ccc(S(=O)(=O)N2CCC[C@H]2C(=O)O)cc1.[HH].[HH]. The molecule has 2 heterocycles. The molecule has 3 aromatic carbocycles. The first-order valence-corrected chi connectivity index (χ1v) is 14.3. The van der Waals surface area contributed by atoms with Gasteiger partial charge in [-0.25, -0.2) is 8.42 Å². The van der Waals surface area contributed by atoms with Crippen molar-refractivity contribution in [2.75, 3.05) is 18.7 Å². The summed E-state index contributed by atoms with van der Waals surface area (Å²) in [6.45, 7) is 2.32. The van der Waals surface area contributed by atoms with Crippen molar-refractivity contribution in [3.8, 4) is 22.6 Å². The topological polar surface area (TPSA) is 122 Å². The smallest absolute Gasteiger partial charge is 0.322 e. The van der Waals surface area contributed by atoms with Crippen LogP contribution in [-0.4, -0.2) is 49.1 Å². The van der Waals surface area contributed by atoms with Crippen LogP contribution >= 0.6 is 0 Å². The number of hydrogen-bond acceptors (Lipinski definition) is 6. The molecule has 1 aliphatic carbocycles. The van der Waals surface area contributed by atoms with Gasteiger partial charge < -0.3 is 19.9 Å². The van der Waals surface area contributed by atoms with E-state index in [0.29, 0.717) is 30.0 Å². The third kappa shape index (κ3) is 4.43. The molecule has 10 heteroatoms. The standard InChI is InChI=1S/C29H28N2O7S.2H2/c1-18-4-8-21(30-28(34)29(12-13-29)20-7-11-25-26(15-20)38-17-37-25)16-23(18)19-5-9-22(10-6-19)39(35,36)31-14-2-3-24(31)27(32)33;;/h4-11,15-16,24H,2-3,12-14,17H2,1H3,(H,30,34)(H,32,33);2*1H/t24-;;/m0../s1. The highest BCUT2D eigenvalue weighted by Gasteiger charge is 2.51. The zero-order chi connectivity index (χ0) is 27.4. The molecule has 1 saturated heterocycles. The molecule has 0 spiro atoms. The van der Waals surface area contributed by atoms with E-state index in [-0.39, 0.29) is 27.0 Å². The van der Waals surface area contributed by atoms with E-state index in [1.807, 2.05) is 43.3 Å². The zero-order valence-electron chi connectivity index (χ0n) is 21.3. The van der Waals surface area contributed by atoms with Gasteiger partial charge in [0.15, 0.2) is 11.5 Å². The molecule has 39 heavy (non-hydrogen) atoms. The number of carboxylic acid groups (broad SMARTS) is 1. The highest BCUT2D eigenvalue weighted by Crippen LogP contribution is 2.51. The maximum Gasteiger partial charge on any atom is 0.322 e. The lowest BCUT2D eigenvalue weighted by molar-refractivity contribution is -0.140. The van der Waals surface area contributed by atoms with Crippen LogP contribution in [-0.2, 0) is 25.0 Å². The number of carbonyl (C=O) groups excluding carboxylic acids is 1. The van der Waals surface area contributed by atoms with Crippen LogP contribution in [0.15, 0.2) is 65.6 Å². The number of amides is 1. The molecule has 1 amide bonds. The molecule has 6 rings (SSSR count). The second kappa shape index (κ2) is 9.39. The maximum atomic E-state index is 13.4. The van der Waals surface area contributed by atoms with Gasteiger partial charge in [-0.15, -0.1) is 0 Å². The summed E-state index contributed by atoms with van der Waals surface area (Å²) in [5, 5.41) is 12.5. The molecule has 0 bridgehead atoms. The van der Waals surface area contributed by atoms with Crippen LogP contribution in [0, 0.1) is 6.92 Å². The molecular formula is C29H32N2O7S. The number of aryl methyl sites for hydroxylation is 1. The summed E-state index contributed by atoms with van der Waals surface area (Å²) >= 11 is 0. The number of carboxylic acids is 1. The van der Waals surface area contributed by atoms with E-state index in [2.05, 4.69) is 5.32 Å². The third-order valence-electron chi connectivity index (χ3n) is 7.87. The van der Waals surface area contributed by atoms with E-state index in [1.54, 1.807) is 12.1 Å². The molecule has 3 aliphatic rings. The zero-order valence-corrected chi connectivity index (χ0v) is 22.2.